The maximum atomic E-state index is 15.3. The predicted molar refractivity (Wildman–Crippen MR) is 322 cm³/mol. The molecular weight excluding hydrogens is 1290 g/mol. The lowest BCUT2D eigenvalue weighted by Crippen LogP contribution is -2.68. The minimum absolute atomic E-state index is 0.0106. The van der Waals surface area contributed by atoms with Crippen LogP contribution in [0.4, 0.5) is 0 Å². The fourth-order valence-electron chi connectivity index (χ4n) is 19.0. The van der Waals surface area contributed by atoms with Gasteiger partial charge in [-0.15, -0.1) is 0 Å². The first kappa shape index (κ1) is 76.1. The molecule has 558 valence electrons. The minimum Gasteiger partial charge on any atom is -0.432 e. The molecule has 19 N–H and O–H groups in total. The summed E-state index contributed by atoms with van der Waals surface area (Å²) in [5.41, 5.74) is -2.70. The number of aliphatic hydroxyl groups excluding tert-OH is 19. The van der Waals surface area contributed by atoms with Crippen molar-refractivity contribution >= 4 is 5.97 Å². The highest BCUT2D eigenvalue weighted by Crippen LogP contribution is 2.76. The molecule has 4 saturated carbocycles. The summed E-state index contributed by atoms with van der Waals surface area (Å²) in [7, 11) is 0. The number of hydrogen-bond donors (Lipinski definition) is 19. The molecule has 0 bridgehead atoms. The standard InChI is InChI=1S/C65H106O32/c1-25-36(70)41(75)47(81)54(88-25)96-52-51(95-56-49(83)44(78)39(73)30(21-68)91-56)32(93-55-48(82)43(77)38(72)29(20-67)90-55)23-87-58(52)94-35-11-12-61(4)33(62(35,5)24-69)10-13-64(7)34(61)9-8-26-27-18-60(2,3)14-16-65(27,17-15-63(26,64)6)59(85)97-57-50(84)45(79)40(74)31(92-57)22-86-53-46(80)42(76)37(71)28(19-66)89-53/h8,25,27-58,66-84H,9-24H2,1-7H3/t25-,27-,28+,29+,30+,31+,32+,33+,34+,35-,36-,37+,38+,39+,40+,41+,42-,43-,44-,45-,46+,47+,48+,49+,50+,51-,52+,53+,54-,55-,56-,57-,58-,61-,62-,63+,64+,65-/m0/s1. The summed E-state index contributed by atoms with van der Waals surface area (Å²) < 4.78 is 73.6. The van der Waals surface area contributed by atoms with Gasteiger partial charge < -0.3 is 154 Å². The van der Waals surface area contributed by atoms with Crippen molar-refractivity contribution < 1.29 is 159 Å². The number of esters is 1. The van der Waals surface area contributed by atoms with Crippen LogP contribution in [0.5, 0.6) is 0 Å². The average molecular weight is 1400 g/mol. The second kappa shape index (κ2) is 28.8. The average Bonchev–Trinajstić information content (AvgIpc) is 0.676. The van der Waals surface area contributed by atoms with Crippen LogP contribution in [0.25, 0.3) is 0 Å². The van der Waals surface area contributed by atoms with E-state index in [0.717, 1.165) is 5.57 Å². The van der Waals surface area contributed by atoms with Crippen LogP contribution in [-0.2, 0) is 61.6 Å². The van der Waals surface area contributed by atoms with Gasteiger partial charge in [0.1, 0.15) is 134 Å². The SMILES string of the molecule is C[C@@H]1O[C@@H](O[C@H]2[C@H](O[C@H]3CC[C@@]4(C)[C@@H](CC[C@]5(C)[C@@H]4CC=C4[C@@H]6CC(C)(C)CC[C@]6(C(=O)O[C@@H]6O[C@H](CO[C@@H]7O[C@H](CO)[C@@H](O)[C@H](O)[C@H]7O)[C@@H](O)[C@H](O)[C@H]6O)CC[C@]45C)[C@]3(C)CO)OC[C@@H](O[C@@H]3O[C@H](CO)[C@@H](O)[C@H](O)[C@H]3O)[C@@H]2O[C@@H]2O[C@H](CO)[C@@H](O)[C@H](O)[C@H]2O)[C@H](O)[C@H](O)[C@H]1O. The lowest BCUT2D eigenvalue weighted by atomic mass is 9.33. The summed E-state index contributed by atoms with van der Waals surface area (Å²) in [6.45, 7) is 10.5. The van der Waals surface area contributed by atoms with Gasteiger partial charge >= 0.3 is 5.97 Å². The van der Waals surface area contributed by atoms with Crippen LogP contribution in [0.1, 0.15) is 113 Å². The van der Waals surface area contributed by atoms with E-state index < -0.39 is 257 Å². The zero-order valence-electron chi connectivity index (χ0n) is 55.7. The number of hydrogen-bond acceptors (Lipinski definition) is 32. The second-order valence-corrected chi connectivity index (χ2v) is 31.3. The third-order valence-electron chi connectivity index (χ3n) is 25.4. The van der Waals surface area contributed by atoms with Crippen molar-refractivity contribution in [3.05, 3.63) is 11.6 Å². The van der Waals surface area contributed by atoms with Crippen molar-refractivity contribution in [1.82, 2.24) is 0 Å². The van der Waals surface area contributed by atoms with E-state index in [-0.39, 0.29) is 23.2 Å². The summed E-state index contributed by atoms with van der Waals surface area (Å²) in [5, 5.41) is 206. The van der Waals surface area contributed by atoms with Crippen LogP contribution in [-0.4, -0.2) is 327 Å². The molecule has 0 radical (unpaired) electrons. The molecule has 0 aromatic rings. The first-order valence-corrected chi connectivity index (χ1v) is 34.3. The molecule has 5 aliphatic carbocycles. The zero-order valence-corrected chi connectivity index (χ0v) is 55.7. The van der Waals surface area contributed by atoms with Crippen molar-refractivity contribution in [2.24, 2.45) is 50.2 Å². The van der Waals surface area contributed by atoms with E-state index in [1.54, 1.807) is 0 Å². The number of fused-ring (bicyclic) bond motifs is 7. The van der Waals surface area contributed by atoms with Gasteiger partial charge in [-0.2, -0.15) is 0 Å². The molecule has 6 aliphatic heterocycles. The van der Waals surface area contributed by atoms with Crippen LogP contribution in [0.2, 0.25) is 0 Å². The quantitative estimate of drug-likeness (QED) is 0.0366. The summed E-state index contributed by atoms with van der Waals surface area (Å²) >= 11 is 0. The van der Waals surface area contributed by atoms with E-state index in [4.69, 9.17) is 56.8 Å². The Morgan fingerprint density at radius 1 is 0.495 bits per heavy atom. The summed E-state index contributed by atoms with van der Waals surface area (Å²) in [4.78, 5) is 15.3. The fraction of sp³-hybridized carbons (Fsp3) is 0.954. The molecule has 6 heterocycles. The van der Waals surface area contributed by atoms with E-state index in [9.17, 15) is 97.0 Å². The van der Waals surface area contributed by atoms with Crippen molar-refractivity contribution in [1.29, 1.82) is 0 Å². The monoisotopic (exact) mass is 1400 g/mol. The molecule has 0 spiro atoms. The topological polar surface area (TPSA) is 512 Å². The Morgan fingerprint density at radius 3 is 1.57 bits per heavy atom. The maximum absolute atomic E-state index is 15.3. The highest BCUT2D eigenvalue weighted by molar-refractivity contribution is 5.79. The van der Waals surface area contributed by atoms with Gasteiger partial charge in [-0.25, -0.2) is 0 Å². The maximum Gasteiger partial charge on any atom is 0.315 e. The first-order valence-electron chi connectivity index (χ1n) is 34.3. The minimum atomic E-state index is -2.03. The summed E-state index contributed by atoms with van der Waals surface area (Å²) in [5.74, 6) is -1.26. The highest BCUT2D eigenvalue weighted by atomic mass is 16.8. The van der Waals surface area contributed by atoms with Gasteiger partial charge in [-0.3, -0.25) is 4.79 Å². The molecule has 0 aromatic carbocycles. The smallest absolute Gasteiger partial charge is 0.315 e. The molecule has 32 heteroatoms. The van der Waals surface area contributed by atoms with Crippen LogP contribution in [0.3, 0.4) is 0 Å². The Bertz CT molecular complexity index is 2710. The van der Waals surface area contributed by atoms with Gasteiger partial charge in [-0.1, -0.05) is 53.2 Å². The fourth-order valence-corrected chi connectivity index (χ4v) is 19.0. The Morgan fingerprint density at radius 2 is 0.990 bits per heavy atom. The van der Waals surface area contributed by atoms with Gasteiger partial charge in [0.25, 0.3) is 0 Å². The lowest BCUT2D eigenvalue weighted by Gasteiger charge is -2.71. The van der Waals surface area contributed by atoms with E-state index in [1.807, 2.05) is 6.92 Å². The van der Waals surface area contributed by atoms with Crippen molar-refractivity contribution in [2.75, 3.05) is 39.6 Å². The molecule has 6 saturated heterocycles. The van der Waals surface area contributed by atoms with E-state index in [2.05, 4.69) is 40.7 Å². The predicted octanol–water partition coefficient (Wildman–Crippen LogP) is -5.75. The third kappa shape index (κ3) is 13.2. The molecule has 97 heavy (non-hydrogen) atoms. The summed E-state index contributed by atoms with van der Waals surface area (Å²) in [6.07, 6.45) is -43.6. The molecular formula is C65H106O32. The van der Waals surface area contributed by atoms with Crippen LogP contribution in [0.15, 0.2) is 11.6 Å². The Kier molecular flexibility index (Phi) is 22.6. The van der Waals surface area contributed by atoms with Gasteiger partial charge in [0, 0.05) is 5.41 Å². The number of carbonyl (C=O) groups is 1. The van der Waals surface area contributed by atoms with E-state index in [0.29, 0.717) is 64.2 Å². The van der Waals surface area contributed by atoms with Gasteiger partial charge in [0.15, 0.2) is 31.5 Å². The molecule has 11 rings (SSSR count). The third-order valence-corrected chi connectivity index (χ3v) is 25.4. The van der Waals surface area contributed by atoms with Crippen LogP contribution < -0.4 is 0 Å². The van der Waals surface area contributed by atoms with Crippen molar-refractivity contribution in [3.63, 3.8) is 0 Å². The van der Waals surface area contributed by atoms with E-state index >= 15 is 4.79 Å². The zero-order chi connectivity index (χ0) is 70.7. The Balaban J connectivity index is 0.861. The number of carbonyl (C=O) groups excluding carboxylic acids is 1. The van der Waals surface area contributed by atoms with Gasteiger partial charge in [0.05, 0.1) is 57.3 Å². The van der Waals surface area contributed by atoms with Crippen LogP contribution in [0, 0.1) is 50.2 Å². The highest BCUT2D eigenvalue weighted by Gasteiger charge is 2.71. The number of rotatable bonds is 17. The Labute approximate surface area is 561 Å². The normalized spacial score (nSPS) is 54.7. The number of allylic oxidation sites excluding steroid dienone is 2. The summed E-state index contributed by atoms with van der Waals surface area (Å²) in [6, 6.07) is 0. The first-order chi connectivity index (χ1) is 45.6. The largest absolute Gasteiger partial charge is 0.432 e. The molecule has 10 fully saturated rings. The van der Waals surface area contributed by atoms with Crippen molar-refractivity contribution in [3.8, 4) is 0 Å². The lowest BCUT2D eigenvalue weighted by molar-refractivity contribution is -0.403. The number of ether oxygens (including phenoxy) is 12. The van der Waals surface area contributed by atoms with E-state index in [1.165, 1.54) is 6.92 Å². The molecule has 0 amide bonds. The molecule has 0 unspecified atom stereocenters. The van der Waals surface area contributed by atoms with Gasteiger partial charge in [-0.05, 0) is 111 Å². The number of aliphatic hydroxyl groups is 19. The molecule has 38 atom stereocenters. The van der Waals surface area contributed by atoms with Crippen molar-refractivity contribution in [2.45, 2.75) is 297 Å². The molecule has 32 nitrogen and oxygen atoms in total. The second-order valence-electron chi connectivity index (χ2n) is 31.3. The molecule has 0 aromatic heterocycles. The van der Waals surface area contributed by atoms with Crippen LogP contribution >= 0.6 is 0 Å². The molecule has 11 aliphatic rings. The van der Waals surface area contributed by atoms with Gasteiger partial charge in [0.2, 0.25) is 6.29 Å². The Hall–Kier alpha value is -1.99.